The first-order valence-corrected chi connectivity index (χ1v) is 6.52. The Kier molecular flexibility index (Phi) is 3.41. The van der Waals surface area contributed by atoms with Crippen LogP contribution in [0, 0.1) is 0 Å². The smallest absolute Gasteiger partial charge is 0.262 e. The molecule has 0 aliphatic carbocycles. The van der Waals surface area contributed by atoms with Crippen molar-refractivity contribution >= 4 is 11.6 Å². The van der Waals surface area contributed by atoms with Crippen LogP contribution in [0.15, 0.2) is 53.6 Å². The topological polar surface area (TPSA) is 78.9 Å². The highest BCUT2D eigenvalue weighted by Crippen LogP contribution is 2.26. The number of aromatic nitrogens is 3. The molecule has 0 spiro atoms. The zero-order chi connectivity index (χ0) is 14.8. The van der Waals surface area contributed by atoms with Gasteiger partial charge >= 0.3 is 0 Å². The van der Waals surface area contributed by atoms with Crippen LogP contribution in [0.2, 0.25) is 5.02 Å². The van der Waals surface area contributed by atoms with Crippen molar-refractivity contribution in [3.8, 4) is 28.4 Å². The molecule has 2 heterocycles. The average Bonchev–Trinajstić information content (AvgIpc) is 2.49. The van der Waals surface area contributed by atoms with Crippen molar-refractivity contribution in [3.05, 3.63) is 64.2 Å². The second-order valence-corrected chi connectivity index (χ2v) is 4.79. The lowest BCUT2D eigenvalue weighted by Gasteiger charge is -2.06. The summed E-state index contributed by atoms with van der Waals surface area (Å²) in [7, 11) is 0. The molecular formula is C15H10ClN3O2. The van der Waals surface area contributed by atoms with E-state index in [2.05, 4.69) is 15.0 Å². The molecule has 21 heavy (non-hydrogen) atoms. The number of aromatic amines is 1. The molecule has 0 aliphatic rings. The van der Waals surface area contributed by atoms with Crippen LogP contribution in [0.3, 0.4) is 0 Å². The van der Waals surface area contributed by atoms with Crippen LogP contribution < -0.4 is 5.56 Å². The van der Waals surface area contributed by atoms with Crippen LogP contribution >= 0.6 is 11.6 Å². The van der Waals surface area contributed by atoms with E-state index in [9.17, 15) is 9.90 Å². The van der Waals surface area contributed by atoms with Crippen LogP contribution in [-0.2, 0) is 0 Å². The van der Waals surface area contributed by atoms with E-state index in [1.807, 2.05) is 0 Å². The predicted molar refractivity (Wildman–Crippen MR) is 80.2 cm³/mol. The summed E-state index contributed by atoms with van der Waals surface area (Å²) >= 11 is 5.81. The van der Waals surface area contributed by atoms with Crippen molar-refractivity contribution in [1.29, 1.82) is 0 Å². The maximum Gasteiger partial charge on any atom is 0.262 e. The molecule has 3 rings (SSSR count). The van der Waals surface area contributed by atoms with Gasteiger partial charge < -0.3 is 10.1 Å². The van der Waals surface area contributed by atoms with Gasteiger partial charge in [0.2, 0.25) is 5.88 Å². The largest absolute Gasteiger partial charge is 0.493 e. The first-order chi connectivity index (χ1) is 10.1. The van der Waals surface area contributed by atoms with Gasteiger partial charge in [-0.25, -0.2) is 0 Å². The minimum absolute atomic E-state index is 0.115. The van der Waals surface area contributed by atoms with Gasteiger partial charge in [-0.05, 0) is 29.8 Å². The standard InChI is InChI=1S/C15H10ClN3O2/c16-11-3-1-9(2-4-11)12-14(20)18-13(19-15(12)21)10-5-7-17-8-6-10/h1-8H,(H2,18,19,20,21). The Labute approximate surface area is 124 Å². The first-order valence-electron chi connectivity index (χ1n) is 6.15. The van der Waals surface area contributed by atoms with Crippen LogP contribution in [0.1, 0.15) is 0 Å². The van der Waals surface area contributed by atoms with Crippen molar-refractivity contribution in [2.75, 3.05) is 0 Å². The quantitative estimate of drug-likeness (QED) is 0.762. The number of aromatic hydroxyl groups is 1. The van der Waals surface area contributed by atoms with Gasteiger partial charge in [-0.2, -0.15) is 4.98 Å². The van der Waals surface area contributed by atoms with Crippen LogP contribution in [-0.4, -0.2) is 20.1 Å². The molecule has 3 aromatic rings. The van der Waals surface area contributed by atoms with E-state index < -0.39 is 5.56 Å². The number of hydrogen-bond acceptors (Lipinski definition) is 4. The molecule has 5 nitrogen and oxygen atoms in total. The Morgan fingerprint density at radius 2 is 1.67 bits per heavy atom. The number of halogens is 1. The number of hydrogen-bond donors (Lipinski definition) is 2. The van der Waals surface area contributed by atoms with Crippen LogP contribution in [0.25, 0.3) is 22.5 Å². The fourth-order valence-electron chi connectivity index (χ4n) is 1.98. The van der Waals surface area contributed by atoms with E-state index in [1.165, 1.54) is 0 Å². The lowest BCUT2D eigenvalue weighted by atomic mass is 10.1. The van der Waals surface area contributed by atoms with Gasteiger partial charge in [-0.15, -0.1) is 0 Å². The third-order valence-corrected chi connectivity index (χ3v) is 3.24. The fourth-order valence-corrected chi connectivity index (χ4v) is 2.11. The highest BCUT2D eigenvalue weighted by molar-refractivity contribution is 6.30. The average molecular weight is 300 g/mol. The Balaban J connectivity index is 2.13. The Bertz CT molecular complexity index is 830. The summed E-state index contributed by atoms with van der Waals surface area (Å²) in [6.07, 6.45) is 3.17. The molecule has 0 aliphatic heterocycles. The van der Waals surface area contributed by atoms with Crippen molar-refractivity contribution in [1.82, 2.24) is 15.0 Å². The molecule has 1 aromatic carbocycles. The second-order valence-electron chi connectivity index (χ2n) is 4.36. The van der Waals surface area contributed by atoms with Crippen molar-refractivity contribution in [2.24, 2.45) is 0 Å². The van der Waals surface area contributed by atoms with E-state index in [0.717, 1.165) is 0 Å². The molecule has 2 N–H and O–H groups in total. The van der Waals surface area contributed by atoms with E-state index in [-0.39, 0.29) is 17.3 Å². The van der Waals surface area contributed by atoms with Crippen molar-refractivity contribution < 1.29 is 5.11 Å². The number of nitrogens with one attached hydrogen (secondary N) is 1. The third-order valence-electron chi connectivity index (χ3n) is 2.99. The minimum atomic E-state index is -0.420. The molecule has 0 atom stereocenters. The lowest BCUT2D eigenvalue weighted by molar-refractivity contribution is 0.454. The molecule has 0 amide bonds. The van der Waals surface area contributed by atoms with Gasteiger partial charge in [0, 0.05) is 23.0 Å². The zero-order valence-corrected chi connectivity index (χ0v) is 11.5. The molecule has 104 valence electrons. The molecule has 0 saturated heterocycles. The summed E-state index contributed by atoms with van der Waals surface area (Å²) in [4.78, 5) is 22.8. The predicted octanol–water partition coefficient (Wildman–Crippen LogP) is 2.86. The van der Waals surface area contributed by atoms with E-state index in [4.69, 9.17) is 11.6 Å². The highest BCUT2D eigenvalue weighted by atomic mass is 35.5. The summed E-state index contributed by atoms with van der Waals surface area (Å²) in [6.45, 7) is 0. The van der Waals surface area contributed by atoms with Crippen LogP contribution in [0.4, 0.5) is 0 Å². The van der Waals surface area contributed by atoms with Crippen molar-refractivity contribution in [2.45, 2.75) is 0 Å². The molecule has 6 heteroatoms. The van der Waals surface area contributed by atoms with Gasteiger partial charge in [0.15, 0.2) is 0 Å². The molecule has 0 fully saturated rings. The fraction of sp³-hybridized carbons (Fsp3) is 0. The van der Waals surface area contributed by atoms with Gasteiger partial charge in [0.1, 0.15) is 11.4 Å². The minimum Gasteiger partial charge on any atom is -0.493 e. The second kappa shape index (κ2) is 5.38. The lowest BCUT2D eigenvalue weighted by Crippen LogP contribution is -2.12. The maximum atomic E-state index is 12.2. The third kappa shape index (κ3) is 2.64. The van der Waals surface area contributed by atoms with Gasteiger partial charge in [0.05, 0.1) is 0 Å². The van der Waals surface area contributed by atoms with E-state index in [0.29, 0.717) is 16.1 Å². The maximum absolute atomic E-state index is 12.2. The zero-order valence-electron chi connectivity index (χ0n) is 10.7. The molecule has 0 unspecified atom stereocenters. The van der Waals surface area contributed by atoms with E-state index >= 15 is 0 Å². The molecule has 0 saturated carbocycles. The molecule has 0 bridgehead atoms. The summed E-state index contributed by atoms with van der Waals surface area (Å²) in [6, 6.07) is 9.99. The number of benzene rings is 1. The normalized spacial score (nSPS) is 10.5. The highest BCUT2D eigenvalue weighted by Gasteiger charge is 2.13. The number of nitrogens with zero attached hydrogens (tertiary/aromatic N) is 2. The van der Waals surface area contributed by atoms with Gasteiger partial charge in [-0.3, -0.25) is 9.78 Å². The first kappa shape index (κ1) is 13.3. The Morgan fingerprint density at radius 1 is 1.00 bits per heavy atom. The monoisotopic (exact) mass is 299 g/mol. The van der Waals surface area contributed by atoms with Gasteiger partial charge in [-0.1, -0.05) is 23.7 Å². The summed E-state index contributed by atoms with van der Waals surface area (Å²) in [5.41, 5.74) is 0.910. The summed E-state index contributed by atoms with van der Waals surface area (Å²) < 4.78 is 0. The Morgan fingerprint density at radius 3 is 2.29 bits per heavy atom. The van der Waals surface area contributed by atoms with Crippen molar-refractivity contribution in [3.63, 3.8) is 0 Å². The molecule has 0 radical (unpaired) electrons. The van der Waals surface area contributed by atoms with Gasteiger partial charge in [0.25, 0.3) is 5.56 Å². The van der Waals surface area contributed by atoms with Crippen LogP contribution in [0.5, 0.6) is 5.88 Å². The number of H-pyrrole nitrogens is 1. The molecular weight excluding hydrogens is 290 g/mol. The SMILES string of the molecule is O=c1[nH]c(-c2ccncc2)nc(O)c1-c1ccc(Cl)cc1. The number of rotatable bonds is 2. The van der Waals surface area contributed by atoms with E-state index in [1.54, 1.807) is 48.8 Å². The number of pyridine rings is 1. The molecule has 2 aromatic heterocycles. The summed E-state index contributed by atoms with van der Waals surface area (Å²) in [5.74, 6) is -0.0366. The Hall–Kier alpha value is -2.66. The summed E-state index contributed by atoms with van der Waals surface area (Å²) in [5, 5.41) is 10.6.